The van der Waals surface area contributed by atoms with Gasteiger partial charge in [0.15, 0.2) is 6.10 Å². The molecule has 0 spiro atoms. The number of morpholine rings is 1. The molecule has 2 heterocycles. The molecule has 1 aliphatic rings. The second-order valence-corrected chi connectivity index (χ2v) is 6.10. The summed E-state index contributed by atoms with van der Waals surface area (Å²) in [5.41, 5.74) is -0.680. The Hall–Kier alpha value is -3.22. The first-order valence-corrected chi connectivity index (χ1v) is 8.45. The molecular formula is C17H17F3N2O8. The lowest BCUT2D eigenvalue weighted by molar-refractivity contribution is -0.223. The molecule has 0 radical (unpaired) electrons. The summed E-state index contributed by atoms with van der Waals surface area (Å²) < 4.78 is 53.8. The molecule has 1 amide bonds. The molecule has 1 saturated heterocycles. The predicted molar refractivity (Wildman–Crippen MR) is 90.1 cm³/mol. The number of amides is 1. The molecule has 30 heavy (non-hydrogen) atoms. The monoisotopic (exact) mass is 434 g/mol. The molecule has 3 atom stereocenters. The van der Waals surface area contributed by atoms with Gasteiger partial charge in [0.05, 0.1) is 18.8 Å². The molecule has 1 aromatic rings. The summed E-state index contributed by atoms with van der Waals surface area (Å²) in [6.45, 7) is 1.40. The van der Waals surface area contributed by atoms with Crippen LogP contribution in [0.2, 0.25) is 0 Å². The Morgan fingerprint density at radius 1 is 1.23 bits per heavy atom. The number of carboxylic acid groups (broad SMARTS) is 1. The second-order valence-electron chi connectivity index (χ2n) is 6.10. The van der Waals surface area contributed by atoms with Crippen molar-refractivity contribution >= 4 is 29.6 Å². The Bertz CT molecular complexity index is 845. The number of nitrogens with zero attached hydrogens (tertiary/aromatic N) is 2. The van der Waals surface area contributed by atoms with Crippen molar-refractivity contribution in [2.45, 2.75) is 38.3 Å². The molecule has 1 aliphatic heterocycles. The van der Waals surface area contributed by atoms with Gasteiger partial charge >= 0.3 is 24.1 Å². The number of alkyl halides is 3. The van der Waals surface area contributed by atoms with Crippen molar-refractivity contribution in [2.75, 3.05) is 18.1 Å². The van der Waals surface area contributed by atoms with E-state index in [4.69, 9.17) is 4.74 Å². The quantitative estimate of drug-likeness (QED) is 0.651. The molecular weight excluding hydrogens is 417 g/mol. The summed E-state index contributed by atoms with van der Waals surface area (Å²) in [7, 11) is 0. The van der Waals surface area contributed by atoms with Crippen LogP contribution < -0.4 is 4.90 Å². The summed E-state index contributed by atoms with van der Waals surface area (Å²) >= 11 is 0. The van der Waals surface area contributed by atoms with Crippen molar-refractivity contribution < 1.29 is 51.7 Å². The Morgan fingerprint density at radius 2 is 1.87 bits per heavy atom. The van der Waals surface area contributed by atoms with Crippen LogP contribution in [0.4, 0.5) is 19.0 Å². The molecule has 0 aliphatic carbocycles. The number of aliphatic carboxylic acids is 1. The number of hydrogen-bond donors (Lipinski definition) is 1. The van der Waals surface area contributed by atoms with Gasteiger partial charge in [0.25, 0.3) is 5.91 Å². The SMILES string of the molecule is CC(=O)O[C@H](c1cccc(N2CCOC([C@@H](OC(C)=O)C(=O)O)C2=O)n1)C(F)(F)F. The van der Waals surface area contributed by atoms with Gasteiger partial charge in [0.2, 0.25) is 12.2 Å². The Labute approximate surface area is 167 Å². The molecule has 1 unspecified atom stereocenters. The summed E-state index contributed by atoms with van der Waals surface area (Å²) in [4.78, 5) is 50.9. The average molecular weight is 434 g/mol. The summed E-state index contributed by atoms with van der Waals surface area (Å²) in [5.74, 6) is -5.02. The van der Waals surface area contributed by atoms with E-state index in [9.17, 15) is 37.5 Å². The van der Waals surface area contributed by atoms with E-state index < -0.39 is 54.0 Å². The van der Waals surface area contributed by atoms with Gasteiger partial charge < -0.3 is 19.3 Å². The van der Waals surface area contributed by atoms with E-state index in [0.717, 1.165) is 24.8 Å². The van der Waals surface area contributed by atoms with Crippen molar-refractivity contribution in [1.82, 2.24) is 4.98 Å². The van der Waals surface area contributed by atoms with Crippen LogP contribution in [0.3, 0.4) is 0 Å². The van der Waals surface area contributed by atoms with E-state index in [1.54, 1.807) is 0 Å². The molecule has 13 heteroatoms. The van der Waals surface area contributed by atoms with Crippen LogP contribution in [0.5, 0.6) is 0 Å². The average Bonchev–Trinajstić information content (AvgIpc) is 2.63. The van der Waals surface area contributed by atoms with Crippen molar-refractivity contribution in [2.24, 2.45) is 0 Å². The normalized spacial score (nSPS) is 19.0. The number of esters is 2. The zero-order valence-corrected chi connectivity index (χ0v) is 15.7. The number of ether oxygens (including phenoxy) is 3. The zero-order valence-electron chi connectivity index (χ0n) is 15.7. The van der Waals surface area contributed by atoms with Crippen LogP contribution in [0, 0.1) is 0 Å². The number of carboxylic acids is 1. The Kier molecular flexibility index (Phi) is 6.97. The lowest BCUT2D eigenvalue weighted by Crippen LogP contribution is -2.55. The van der Waals surface area contributed by atoms with E-state index in [2.05, 4.69) is 14.5 Å². The van der Waals surface area contributed by atoms with Crippen molar-refractivity contribution in [3.05, 3.63) is 23.9 Å². The highest BCUT2D eigenvalue weighted by atomic mass is 19.4. The fraction of sp³-hybridized carbons (Fsp3) is 0.471. The van der Waals surface area contributed by atoms with E-state index in [0.29, 0.717) is 0 Å². The standard InChI is InChI=1S/C17H17F3N2O8/c1-8(23)29-13(16(26)27)12-15(25)22(6-7-28-12)11-5-3-4-10(21-11)14(17(18,19)20)30-9(2)24/h3-5,12-14H,6-7H2,1-2H3,(H,26,27)/t12?,13-,14-/m1/s1. The third kappa shape index (κ3) is 5.43. The van der Waals surface area contributed by atoms with Crippen molar-refractivity contribution in [1.29, 1.82) is 0 Å². The third-order valence-electron chi connectivity index (χ3n) is 3.82. The van der Waals surface area contributed by atoms with E-state index in [-0.39, 0.29) is 19.0 Å². The van der Waals surface area contributed by atoms with Gasteiger partial charge in [-0.1, -0.05) is 6.07 Å². The number of aromatic nitrogens is 1. The van der Waals surface area contributed by atoms with E-state index in [1.165, 1.54) is 12.1 Å². The van der Waals surface area contributed by atoms with Gasteiger partial charge in [0, 0.05) is 13.8 Å². The maximum Gasteiger partial charge on any atom is 0.431 e. The molecule has 2 rings (SSSR count). The highest BCUT2D eigenvalue weighted by Gasteiger charge is 2.46. The molecule has 1 fully saturated rings. The fourth-order valence-corrected chi connectivity index (χ4v) is 2.67. The Balaban J connectivity index is 2.36. The zero-order chi connectivity index (χ0) is 22.6. The summed E-state index contributed by atoms with van der Waals surface area (Å²) in [5, 5.41) is 9.22. The number of rotatable bonds is 6. The topological polar surface area (TPSA) is 132 Å². The Morgan fingerprint density at radius 3 is 2.40 bits per heavy atom. The minimum absolute atomic E-state index is 0.150. The summed E-state index contributed by atoms with van der Waals surface area (Å²) in [6.07, 6.45) is -11.3. The first-order valence-electron chi connectivity index (χ1n) is 8.45. The second kappa shape index (κ2) is 9.07. The highest BCUT2D eigenvalue weighted by molar-refractivity contribution is 6.00. The first-order chi connectivity index (χ1) is 13.9. The first kappa shape index (κ1) is 23.1. The molecule has 164 valence electrons. The van der Waals surface area contributed by atoms with Crippen LogP contribution in [-0.4, -0.2) is 65.4 Å². The highest BCUT2D eigenvalue weighted by Crippen LogP contribution is 2.36. The number of anilines is 1. The minimum atomic E-state index is -4.96. The molecule has 1 aromatic heterocycles. The number of carbonyl (C=O) groups excluding carboxylic acids is 3. The maximum absolute atomic E-state index is 13.3. The van der Waals surface area contributed by atoms with Crippen LogP contribution in [0.25, 0.3) is 0 Å². The molecule has 1 N–H and O–H groups in total. The molecule has 10 nitrogen and oxygen atoms in total. The van der Waals surface area contributed by atoms with Crippen LogP contribution >= 0.6 is 0 Å². The molecule has 0 aromatic carbocycles. The maximum atomic E-state index is 13.3. The van der Waals surface area contributed by atoms with Gasteiger partial charge in [-0.3, -0.25) is 19.3 Å². The summed E-state index contributed by atoms with van der Waals surface area (Å²) in [6, 6.07) is 3.34. The molecule has 0 saturated carbocycles. The smallest absolute Gasteiger partial charge is 0.431 e. The van der Waals surface area contributed by atoms with E-state index >= 15 is 0 Å². The minimum Gasteiger partial charge on any atom is -0.478 e. The van der Waals surface area contributed by atoms with Crippen LogP contribution in [0.1, 0.15) is 25.6 Å². The lowest BCUT2D eigenvalue weighted by Gasteiger charge is -2.34. The van der Waals surface area contributed by atoms with Gasteiger partial charge in [-0.15, -0.1) is 0 Å². The van der Waals surface area contributed by atoms with E-state index in [1.807, 2.05) is 0 Å². The third-order valence-corrected chi connectivity index (χ3v) is 3.82. The van der Waals surface area contributed by atoms with Crippen molar-refractivity contribution in [3.63, 3.8) is 0 Å². The van der Waals surface area contributed by atoms with Crippen LogP contribution in [0.15, 0.2) is 18.2 Å². The van der Waals surface area contributed by atoms with Gasteiger partial charge in [-0.05, 0) is 12.1 Å². The number of pyridine rings is 1. The largest absolute Gasteiger partial charge is 0.478 e. The lowest BCUT2D eigenvalue weighted by atomic mass is 10.1. The number of hydrogen-bond acceptors (Lipinski definition) is 8. The van der Waals surface area contributed by atoms with Crippen molar-refractivity contribution in [3.8, 4) is 0 Å². The number of carbonyl (C=O) groups is 4. The van der Waals surface area contributed by atoms with Gasteiger partial charge in [0.1, 0.15) is 5.82 Å². The fourth-order valence-electron chi connectivity index (χ4n) is 2.67. The van der Waals surface area contributed by atoms with Gasteiger partial charge in [-0.25, -0.2) is 9.78 Å². The van der Waals surface area contributed by atoms with Gasteiger partial charge in [-0.2, -0.15) is 13.2 Å². The molecule has 0 bridgehead atoms. The predicted octanol–water partition coefficient (Wildman–Crippen LogP) is 0.996. The van der Waals surface area contributed by atoms with Crippen LogP contribution in [-0.2, 0) is 33.4 Å². The number of halogens is 3.